The number of amides is 1. The maximum absolute atomic E-state index is 13.7. The first kappa shape index (κ1) is 24.4. The number of ether oxygens (including phenoxy) is 1. The predicted octanol–water partition coefficient (Wildman–Crippen LogP) is 4.86. The van der Waals surface area contributed by atoms with Crippen LogP contribution in [0.2, 0.25) is 0 Å². The Balaban J connectivity index is 1.78. The molecule has 1 atom stereocenters. The molecule has 6 nitrogen and oxygen atoms in total. The molecule has 0 fully saturated rings. The normalized spacial score (nSPS) is 12.0. The summed E-state index contributed by atoms with van der Waals surface area (Å²) in [5, 5.41) is 0.547. The van der Waals surface area contributed by atoms with E-state index in [1.807, 2.05) is 86.6 Å². The summed E-state index contributed by atoms with van der Waals surface area (Å²) in [6, 6.07) is 24.6. The first-order valence-corrected chi connectivity index (χ1v) is 11.9. The Kier molecular flexibility index (Phi) is 7.73. The molecule has 0 aliphatic heterocycles. The van der Waals surface area contributed by atoms with Crippen LogP contribution in [0.4, 0.5) is 0 Å². The number of benzene rings is 3. The van der Waals surface area contributed by atoms with E-state index in [4.69, 9.17) is 9.72 Å². The molecule has 0 radical (unpaired) electrons. The zero-order chi connectivity index (χ0) is 24.8. The molecule has 1 heterocycles. The van der Waals surface area contributed by atoms with Crippen molar-refractivity contribution < 1.29 is 9.53 Å². The van der Waals surface area contributed by atoms with Crippen molar-refractivity contribution in [1.82, 2.24) is 14.5 Å². The van der Waals surface area contributed by atoms with Gasteiger partial charge in [0.25, 0.3) is 5.56 Å². The van der Waals surface area contributed by atoms with Crippen molar-refractivity contribution in [3.8, 4) is 5.69 Å². The minimum atomic E-state index is -0.440. The van der Waals surface area contributed by atoms with Crippen LogP contribution in [0.15, 0.2) is 83.7 Å². The van der Waals surface area contributed by atoms with Crippen LogP contribution >= 0.6 is 0 Å². The van der Waals surface area contributed by atoms with Crippen LogP contribution in [-0.2, 0) is 16.0 Å². The molecule has 0 saturated carbocycles. The van der Waals surface area contributed by atoms with Crippen molar-refractivity contribution in [2.75, 3.05) is 20.3 Å². The van der Waals surface area contributed by atoms with E-state index in [9.17, 15) is 9.59 Å². The Bertz CT molecular complexity index is 1360. The second kappa shape index (κ2) is 11.1. The number of nitrogens with zero attached hydrogens (tertiary/aromatic N) is 3. The highest BCUT2D eigenvalue weighted by molar-refractivity contribution is 5.79. The fraction of sp³-hybridized carbons (Fsp3) is 0.276. The molecule has 0 bridgehead atoms. The molecule has 35 heavy (non-hydrogen) atoms. The van der Waals surface area contributed by atoms with Gasteiger partial charge < -0.3 is 9.64 Å². The van der Waals surface area contributed by atoms with E-state index < -0.39 is 6.04 Å². The van der Waals surface area contributed by atoms with Crippen LogP contribution in [0.25, 0.3) is 16.6 Å². The van der Waals surface area contributed by atoms with E-state index in [-0.39, 0.29) is 11.5 Å². The molecule has 0 spiro atoms. The highest BCUT2D eigenvalue weighted by atomic mass is 16.5. The first-order valence-electron chi connectivity index (χ1n) is 11.9. The molecule has 0 N–H and O–H groups in total. The lowest BCUT2D eigenvalue weighted by Crippen LogP contribution is -2.39. The lowest BCUT2D eigenvalue weighted by atomic mass is 10.1. The Morgan fingerprint density at radius 3 is 2.43 bits per heavy atom. The SMILES string of the molecule is COCCN(C(=O)CCc1ccccc1)C(C)c1nc2ccccc2c(=O)n1-c1ccccc1C. The number of hydrogen-bond acceptors (Lipinski definition) is 4. The van der Waals surface area contributed by atoms with Crippen molar-refractivity contribution in [2.45, 2.75) is 32.7 Å². The predicted molar refractivity (Wildman–Crippen MR) is 139 cm³/mol. The minimum Gasteiger partial charge on any atom is -0.383 e. The number of aryl methyl sites for hydroxylation is 2. The minimum absolute atomic E-state index is 0.00264. The van der Waals surface area contributed by atoms with Crippen molar-refractivity contribution in [3.63, 3.8) is 0 Å². The van der Waals surface area contributed by atoms with E-state index in [0.717, 1.165) is 16.8 Å². The molecule has 180 valence electrons. The van der Waals surface area contributed by atoms with Crippen LogP contribution in [0.5, 0.6) is 0 Å². The van der Waals surface area contributed by atoms with Gasteiger partial charge in [0.05, 0.1) is 29.2 Å². The molecule has 1 aromatic heterocycles. The molecule has 4 rings (SSSR count). The molecule has 0 aliphatic rings. The lowest BCUT2D eigenvalue weighted by molar-refractivity contribution is -0.134. The van der Waals surface area contributed by atoms with Crippen molar-refractivity contribution in [3.05, 3.63) is 106 Å². The van der Waals surface area contributed by atoms with Gasteiger partial charge >= 0.3 is 0 Å². The molecule has 3 aromatic carbocycles. The number of carbonyl (C=O) groups excluding carboxylic acids is 1. The molecule has 6 heteroatoms. The van der Waals surface area contributed by atoms with E-state index >= 15 is 0 Å². The number of rotatable bonds is 9. The molecule has 0 saturated heterocycles. The third-order valence-electron chi connectivity index (χ3n) is 6.33. The van der Waals surface area contributed by atoms with Crippen molar-refractivity contribution >= 4 is 16.8 Å². The molecule has 1 amide bonds. The van der Waals surface area contributed by atoms with E-state index in [2.05, 4.69) is 0 Å². The molecular formula is C29H31N3O3. The quantitative estimate of drug-likeness (QED) is 0.351. The van der Waals surface area contributed by atoms with Gasteiger partial charge in [-0.2, -0.15) is 0 Å². The summed E-state index contributed by atoms with van der Waals surface area (Å²) in [7, 11) is 1.62. The van der Waals surface area contributed by atoms with Gasteiger partial charge in [-0.3, -0.25) is 14.2 Å². The van der Waals surface area contributed by atoms with Gasteiger partial charge in [-0.25, -0.2) is 4.98 Å². The van der Waals surface area contributed by atoms with Crippen LogP contribution in [0, 0.1) is 6.92 Å². The fourth-order valence-corrected chi connectivity index (χ4v) is 4.38. The zero-order valence-corrected chi connectivity index (χ0v) is 20.5. The Morgan fingerprint density at radius 2 is 1.69 bits per heavy atom. The standard InChI is InChI=1S/C29H31N3O3/c1-21-11-7-10-16-26(21)32-28(30-25-15-9-8-14-24(25)29(32)34)22(2)31(19-20-35-3)27(33)18-17-23-12-5-4-6-13-23/h4-16,22H,17-20H2,1-3H3. The number of carbonyl (C=O) groups is 1. The first-order chi connectivity index (χ1) is 17.0. The highest BCUT2D eigenvalue weighted by Crippen LogP contribution is 2.25. The smallest absolute Gasteiger partial charge is 0.266 e. The van der Waals surface area contributed by atoms with Crippen molar-refractivity contribution in [2.24, 2.45) is 0 Å². The van der Waals surface area contributed by atoms with Crippen LogP contribution in [0.1, 0.15) is 36.3 Å². The number of methoxy groups -OCH3 is 1. The molecule has 0 aliphatic carbocycles. The maximum Gasteiger partial charge on any atom is 0.266 e. The van der Waals surface area contributed by atoms with Crippen LogP contribution in [0.3, 0.4) is 0 Å². The lowest BCUT2D eigenvalue weighted by Gasteiger charge is -2.31. The van der Waals surface area contributed by atoms with Crippen LogP contribution in [-0.4, -0.2) is 40.6 Å². The summed E-state index contributed by atoms with van der Waals surface area (Å²) in [5.74, 6) is 0.532. The second-order valence-electron chi connectivity index (χ2n) is 8.66. The average molecular weight is 470 g/mol. The summed E-state index contributed by atoms with van der Waals surface area (Å²) in [4.78, 5) is 33.9. The van der Waals surface area contributed by atoms with E-state index in [1.54, 1.807) is 22.6 Å². The Morgan fingerprint density at radius 1 is 1.00 bits per heavy atom. The topological polar surface area (TPSA) is 64.4 Å². The number of hydrogen-bond donors (Lipinski definition) is 0. The monoisotopic (exact) mass is 469 g/mol. The third kappa shape index (κ3) is 5.33. The summed E-state index contributed by atoms with van der Waals surface area (Å²) in [5.41, 5.74) is 3.31. The van der Waals surface area contributed by atoms with E-state index in [0.29, 0.717) is 42.7 Å². The number of aromatic nitrogens is 2. The van der Waals surface area contributed by atoms with Crippen molar-refractivity contribution in [1.29, 1.82) is 0 Å². The van der Waals surface area contributed by atoms with Gasteiger partial charge in [0.2, 0.25) is 5.91 Å². The second-order valence-corrected chi connectivity index (χ2v) is 8.66. The third-order valence-corrected chi connectivity index (χ3v) is 6.33. The molecular weight excluding hydrogens is 438 g/mol. The van der Waals surface area contributed by atoms with Gasteiger partial charge in [0.15, 0.2) is 0 Å². The summed E-state index contributed by atoms with van der Waals surface area (Å²) >= 11 is 0. The summed E-state index contributed by atoms with van der Waals surface area (Å²) in [6.07, 6.45) is 1.01. The molecule has 4 aromatic rings. The highest BCUT2D eigenvalue weighted by Gasteiger charge is 2.27. The van der Waals surface area contributed by atoms with Gasteiger partial charge in [-0.15, -0.1) is 0 Å². The van der Waals surface area contributed by atoms with Gasteiger partial charge in [0.1, 0.15) is 5.82 Å². The van der Waals surface area contributed by atoms with Gasteiger partial charge in [-0.05, 0) is 49.6 Å². The van der Waals surface area contributed by atoms with Crippen LogP contribution < -0.4 is 5.56 Å². The largest absolute Gasteiger partial charge is 0.383 e. The Labute approximate surface area is 205 Å². The molecule has 1 unspecified atom stereocenters. The number of para-hydroxylation sites is 2. The average Bonchev–Trinajstić information content (AvgIpc) is 2.89. The van der Waals surface area contributed by atoms with Gasteiger partial charge in [0, 0.05) is 20.1 Å². The zero-order valence-electron chi connectivity index (χ0n) is 20.5. The summed E-state index contributed by atoms with van der Waals surface area (Å²) < 4.78 is 6.98. The number of fused-ring (bicyclic) bond motifs is 1. The maximum atomic E-state index is 13.7. The summed E-state index contributed by atoms with van der Waals surface area (Å²) in [6.45, 7) is 4.70. The van der Waals surface area contributed by atoms with E-state index in [1.165, 1.54) is 0 Å². The fourth-order valence-electron chi connectivity index (χ4n) is 4.38. The van der Waals surface area contributed by atoms with Gasteiger partial charge in [-0.1, -0.05) is 60.7 Å². The Hall–Kier alpha value is -3.77.